The lowest BCUT2D eigenvalue weighted by Gasteiger charge is -2.34. The number of thiophene rings is 1. The average molecular weight is 291 g/mol. The van der Waals surface area contributed by atoms with Gasteiger partial charge in [0, 0.05) is 17.8 Å². The number of hydrogen-bond acceptors (Lipinski definition) is 4. The zero-order valence-corrected chi connectivity index (χ0v) is 11.8. The van der Waals surface area contributed by atoms with E-state index in [0.29, 0.717) is 25.9 Å². The number of aliphatic hydroxyl groups excluding tert-OH is 1. The van der Waals surface area contributed by atoms with E-state index in [4.69, 9.17) is 0 Å². The summed E-state index contributed by atoms with van der Waals surface area (Å²) in [6, 6.07) is 7.23. The molecule has 2 N–H and O–H groups in total. The summed E-state index contributed by atoms with van der Waals surface area (Å²) in [5.41, 5.74) is 0.862. The van der Waals surface area contributed by atoms with Crippen molar-refractivity contribution >= 4 is 27.4 Å². The van der Waals surface area contributed by atoms with E-state index in [0.717, 1.165) is 15.6 Å². The third-order valence-electron chi connectivity index (χ3n) is 3.90. The van der Waals surface area contributed by atoms with Crippen LogP contribution >= 0.6 is 11.3 Å². The number of piperidine rings is 1. The molecule has 1 aromatic heterocycles. The molecule has 5 heteroatoms. The summed E-state index contributed by atoms with van der Waals surface area (Å²) >= 11 is 1.58. The van der Waals surface area contributed by atoms with E-state index in [1.54, 1.807) is 11.3 Å². The van der Waals surface area contributed by atoms with Crippen molar-refractivity contribution in [2.75, 3.05) is 13.1 Å². The number of aliphatic hydroxyl groups is 1. The Balaban J connectivity index is 1.98. The fourth-order valence-corrected chi connectivity index (χ4v) is 3.80. The molecule has 1 aliphatic heterocycles. The van der Waals surface area contributed by atoms with Crippen LogP contribution in [0.2, 0.25) is 0 Å². The van der Waals surface area contributed by atoms with Gasteiger partial charge in [-0.25, -0.2) is 0 Å². The van der Waals surface area contributed by atoms with Crippen molar-refractivity contribution in [1.82, 2.24) is 4.90 Å². The highest BCUT2D eigenvalue weighted by atomic mass is 32.1. The number of carboxylic acid groups (broad SMARTS) is 1. The van der Waals surface area contributed by atoms with Crippen molar-refractivity contribution in [1.29, 1.82) is 0 Å². The van der Waals surface area contributed by atoms with Crippen LogP contribution in [0.3, 0.4) is 0 Å². The van der Waals surface area contributed by atoms with E-state index < -0.39 is 12.0 Å². The second-order valence-corrected chi connectivity index (χ2v) is 6.11. The summed E-state index contributed by atoms with van der Waals surface area (Å²) in [4.78, 5) is 13.7. The second-order valence-electron chi connectivity index (χ2n) is 5.19. The standard InChI is InChI=1S/C15H17NO3S/c17-11-4-7-16(8-5-11)13(15(18)19)12-3-1-2-10-6-9-20-14(10)12/h1-3,6,9,11,13,17H,4-5,7-8H2,(H,18,19)/t13-/m1/s1. The van der Waals surface area contributed by atoms with Crippen LogP contribution in [0, 0.1) is 0 Å². The highest BCUT2D eigenvalue weighted by Crippen LogP contribution is 2.33. The Bertz CT molecular complexity index is 616. The Morgan fingerprint density at radius 1 is 1.30 bits per heavy atom. The average Bonchev–Trinajstić information content (AvgIpc) is 2.90. The Morgan fingerprint density at radius 3 is 2.75 bits per heavy atom. The van der Waals surface area contributed by atoms with Gasteiger partial charge in [0.05, 0.1) is 6.10 Å². The van der Waals surface area contributed by atoms with Gasteiger partial charge in [-0.15, -0.1) is 11.3 Å². The van der Waals surface area contributed by atoms with Crippen LogP contribution in [0.1, 0.15) is 24.4 Å². The molecule has 0 spiro atoms. The lowest BCUT2D eigenvalue weighted by Crippen LogP contribution is -2.41. The van der Waals surface area contributed by atoms with E-state index in [9.17, 15) is 15.0 Å². The van der Waals surface area contributed by atoms with Gasteiger partial charge in [0.2, 0.25) is 0 Å². The molecule has 1 aromatic carbocycles. The van der Waals surface area contributed by atoms with Gasteiger partial charge in [-0.2, -0.15) is 0 Å². The van der Waals surface area contributed by atoms with Gasteiger partial charge in [-0.1, -0.05) is 18.2 Å². The maximum atomic E-state index is 11.7. The fourth-order valence-electron chi connectivity index (χ4n) is 2.86. The molecule has 0 bridgehead atoms. The predicted molar refractivity (Wildman–Crippen MR) is 79.0 cm³/mol. The minimum absolute atomic E-state index is 0.293. The number of aliphatic carboxylic acids is 1. The molecule has 106 valence electrons. The Kier molecular flexibility index (Phi) is 3.74. The normalized spacial score (nSPS) is 19.2. The van der Waals surface area contributed by atoms with Crippen molar-refractivity contribution in [3.63, 3.8) is 0 Å². The van der Waals surface area contributed by atoms with Crippen LogP contribution < -0.4 is 0 Å². The smallest absolute Gasteiger partial charge is 0.325 e. The number of hydrogen-bond donors (Lipinski definition) is 2. The molecule has 1 fully saturated rings. The number of rotatable bonds is 3. The topological polar surface area (TPSA) is 60.8 Å². The lowest BCUT2D eigenvalue weighted by atomic mass is 9.99. The fraction of sp³-hybridized carbons (Fsp3) is 0.400. The summed E-state index contributed by atoms with van der Waals surface area (Å²) in [5, 5.41) is 22.3. The molecule has 1 aliphatic rings. The van der Waals surface area contributed by atoms with Crippen molar-refractivity contribution in [2.24, 2.45) is 0 Å². The first-order chi connectivity index (χ1) is 9.66. The third kappa shape index (κ3) is 2.44. The van der Waals surface area contributed by atoms with Gasteiger partial charge in [0.15, 0.2) is 0 Å². The SMILES string of the molecule is O=C(O)[C@@H](c1cccc2ccsc12)N1CCC(O)CC1. The summed E-state index contributed by atoms with van der Waals surface area (Å²) in [6.07, 6.45) is 0.993. The second kappa shape index (κ2) is 5.52. The molecule has 0 radical (unpaired) electrons. The molecule has 2 aromatic rings. The zero-order valence-electron chi connectivity index (χ0n) is 11.0. The quantitative estimate of drug-likeness (QED) is 0.912. The number of carbonyl (C=O) groups is 1. The van der Waals surface area contributed by atoms with Crippen LogP contribution in [-0.4, -0.2) is 40.3 Å². The van der Waals surface area contributed by atoms with Crippen molar-refractivity contribution < 1.29 is 15.0 Å². The molecule has 0 unspecified atom stereocenters. The minimum atomic E-state index is -0.817. The molecule has 1 atom stereocenters. The molecular weight excluding hydrogens is 274 g/mol. The van der Waals surface area contributed by atoms with E-state index in [1.807, 2.05) is 34.5 Å². The third-order valence-corrected chi connectivity index (χ3v) is 4.88. The summed E-state index contributed by atoms with van der Waals surface area (Å²) in [6.45, 7) is 1.25. The minimum Gasteiger partial charge on any atom is -0.480 e. The summed E-state index contributed by atoms with van der Waals surface area (Å²) in [5.74, 6) is -0.817. The van der Waals surface area contributed by atoms with Gasteiger partial charge >= 0.3 is 5.97 Å². The first kappa shape index (κ1) is 13.5. The number of nitrogens with zero attached hydrogens (tertiary/aromatic N) is 1. The maximum Gasteiger partial charge on any atom is 0.325 e. The molecule has 20 heavy (non-hydrogen) atoms. The van der Waals surface area contributed by atoms with Crippen LogP contribution in [0.4, 0.5) is 0 Å². The Morgan fingerprint density at radius 2 is 2.05 bits per heavy atom. The van der Waals surface area contributed by atoms with Gasteiger partial charge in [-0.3, -0.25) is 9.69 Å². The number of fused-ring (bicyclic) bond motifs is 1. The van der Waals surface area contributed by atoms with Gasteiger partial charge < -0.3 is 10.2 Å². The van der Waals surface area contributed by atoms with Crippen LogP contribution in [0.15, 0.2) is 29.6 Å². The monoisotopic (exact) mass is 291 g/mol. The molecule has 2 heterocycles. The number of benzene rings is 1. The first-order valence-electron chi connectivity index (χ1n) is 6.78. The molecular formula is C15H17NO3S. The van der Waals surface area contributed by atoms with E-state index in [1.165, 1.54) is 0 Å². The van der Waals surface area contributed by atoms with Crippen LogP contribution in [0.5, 0.6) is 0 Å². The van der Waals surface area contributed by atoms with Crippen molar-refractivity contribution in [3.05, 3.63) is 35.2 Å². The molecule has 4 nitrogen and oxygen atoms in total. The van der Waals surface area contributed by atoms with Gasteiger partial charge in [0.25, 0.3) is 0 Å². The number of likely N-dealkylation sites (tertiary alicyclic amines) is 1. The Hall–Kier alpha value is -1.43. The molecule has 0 aliphatic carbocycles. The zero-order chi connectivity index (χ0) is 14.1. The summed E-state index contributed by atoms with van der Waals surface area (Å²) < 4.78 is 1.05. The van der Waals surface area contributed by atoms with Crippen molar-refractivity contribution in [3.8, 4) is 0 Å². The molecule has 0 amide bonds. The van der Waals surface area contributed by atoms with E-state index in [2.05, 4.69) is 0 Å². The molecule has 3 rings (SSSR count). The largest absolute Gasteiger partial charge is 0.480 e. The maximum absolute atomic E-state index is 11.7. The van der Waals surface area contributed by atoms with E-state index in [-0.39, 0.29) is 6.10 Å². The highest BCUT2D eigenvalue weighted by Gasteiger charge is 2.31. The number of carboxylic acids is 1. The first-order valence-corrected chi connectivity index (χ1v) is 7.66. The van der Waals surface area contributed by atoms with Crippen LogP contribution in [-0.2, 0) is 4.79 Å². The predicted octanol–water partition coefficient (Wildman–Crippen LogP) is 2.48. The van der Waals surface area contributed by atoms with Crippen LogP contribution in [0.25, 0.3) is 10.1 Å². The van der Waals surface area contributed by atoms with Gasteiger partial charge in [0.1, 0.15) is 6.04 Å². The highest BCUT2D eigenvalue weighted by molar-refractivity contribution is 7.17. The van der Waals surface area contributed by atoms with Crippen molar-refractivity contribution in [2.45, 2.75) is 25.0 Å². The lowest BCUT2D eigenvalue weighted by molar-refractivity contribution is -0.144. The molecule has 0 saturated carbocycles. The molecule has 1 saturated heterocycles. The van der Waals surface area contributed by atoms with E-state index >= 15 is 0 Å². The van der Waals surface area contributed by atoms with Gasteiger partial charge in [-0.05, 0) is 35.2 Å². The Labute approximate surface area is 121 Å². The summed E-state index contributed by atoms with van der Waals surface area (Å²) in [7, 11) is 0.